The van der Waals surface area contributed by atoms with E-state index in [1.807, 2.05) is 49.3 Å². The van der Waals surface area contributed by atoms with E-state index in [1.54, 1.807) is 0 Å². The minimum Gasteiger partial charge on any atom is -0.343 e. The Morgan fingerprint density at radius 3 is 2.73 bits per heavy atom. The van der Waals surface area contributed by atoms with E-state index >= 15 is 0 Å². The van der Waals surface area contributed by atoms with E-state index in [-0.39, 0.29) is 11.9 Å². The summed E-state index contributed by atoms with van der Waals surface area (Å²) in [5.41, 5.74) is 4.28. The number of hydrogen-bond acceptors (Lipinski definition) is 3. The van der Waals surface area contributed by atoms with Crippen molar-refractivity contribution in [2.24, 2.45) is 0 Å². The number of aryl methyl sites for hydroxylation is 3. The van der Waals surface area contributed by atoms with Crippen LogP contribution in [0.1, 0.15) is 30.4 Å². The topological polar surface area (TPSA) is 51.0 Å². The smallest absolute Gasteiger partial charge is 0.224 e. The number of likely N-dealkylation sites (N-methyl/N-ethyl adjacent to an activating group) is 1. The van der Waals surface area contributed by atoms with Crippen LogP contribution in [-0.2, 0) is 17.8 Å². The minimum atomic E-state index is 0.108. The number of imidazole rings is 1. The van der Waals surface area contributed by atoms with E-state index in [0.29, 0.717) is 13.0 Å². The van der Waals surface area contributed by atoms with Gasteiger partial charge in [-0.3, -0.25) is 9.78 Å². The normalized spacial score (nSPS) is 12.3. The van der Waals surface area contributed by atoms with Crippen LogP contribution in [0.25, 0.3) is 11.0 Å². The average Bonchev–Trinajstić information content (AvgIpc) is 2.96. The van der Waals surface area contributed by atoms with Crippen molar-refractivity contribution in [2.75, 3.05) is 7.05 Å². The Bertz CT molecular complexity index is 915. The molecule has 136 valence electrons. The van der Waals surface area contributed by atoms with Crippen molar-refractivity contribution < 1.29 is 4.79 Å². The molecule has 0 aliphatic rings. The zero-order chi connectivity index (χ0) is 18.7. The number of hydrogen-bond donors (Lipinski definition) is 0. The highest BCUT2D eigenvalue weighted by molar-refractivity contribution is 5.78. The number of nitrogens with zero attached hydrogens (tertiary/aromatic N) is 4. The van der Waals surface area contributed by atoms with E-state index in [9.17, 15) is 4.79 Å². The molecule has 1 atom stereocenters. The summed E-state index contributed by atoms with van der Waals surface area (Å²) in [5.74, 6) is 1.09. The average molecular weight is 350 g/mol. The van der Waals surface area contributed by atoms with Crippen molar-refractivity contribution >= 4 is 16.9 Å². The predicted molar refractivity (Wildman–Crippen MR) is 104 cm³/mol. The summed E-state index contributed by atoms with van der Waals surface area (Å²) in [5, 5.41) is 0. The van der Waals surface area contributed by atoms with E-state index in [2.05, 4.69) is 40.5 Å². The lowest BCUT2D eigenvalue weighted by atomic mass is 10.1. The van der Waals surface area contributed by atoms with E-state index < -0.39 is 0 Å². The first-order valence-corrected chi connectivity index (χ1v) is 9.05. The fraction of sp³-hybridized carbons (Fsp3) is 0.381. The van der Waals surface area contributed by atoms with Gasteiger partial charge in [0.25, 0.3) is 0 Å². The molecular formula is C21H26N4O. The molecule has 0 fully saturated rings. The highest BCUT2D eigenvalue weighted by Crippen LogP contribution is 2.16. The van der Waals surface area contributed by atoms with Crippen molar-refractivity contribution in [2.45, 2.75) is 46.2 Å². The van der Waals surface area contributed by atoms with Gasteiger partial charge >= 0.3 is 0 Å². The Balaban J connectivity index is 1.63. The van der Waals surface area contributed by atoms with Gasteiger partial charge in [0.05, 0.1) is 11.0 Å². The first kappa shape index (κ1) is 18.1. The van der Waals surface area contributed by atoms with Crippen molar-refractivity contribution in [3.63, 3.8) is 0 Å². The number of benzene rings is 1. The fourth-order valence-corrected chi connectivity index (χ4v) is 3.26. The van der Waals surface area contributed by atoms with Crippen molar-refractivity contribution in [1.29, 1.82) is 0 Å². The molecule has 2 aromatic heterocycles. The van der Waals surface area contributed by atoms with Crippen molar-refractivity contribution in [3.05, 3.63) is 59.7 Å². The molecule has 0 aliphatic heterocycles. The number of carbonyl (C=O) groups excluding carboxylic acids is 1. The zero-order valence-corrected chi connectivity index (χ0v) is 15.9. The first-order chi connectivity index (χ1) is 12.5. The third-order valence-corrected chi connectivity index (χ3v) is 5.06. The number of amides is 1. The van der Waals surface area contributed by atoms with Gasteiger partial charge < -0.3 is 9.47 Å². The van der Waals surface area contributed by atoms with E-state index in [4.69, 9.17) is 0 Å². The van der Waals surface area contributed by atoms with Gasteiger partial charge in [-0.25, -0.2) is 4.98 Å². The Kier molecular flexibility index (Phi) is 5.35. The van der Waals surface area contributed by atoms with Gasteiger partial charge in [0.2, 0.25) is 5.91 Å². The molecule has 1 aromatic carbocycles. The molecule has 0 N–H and O–H groups in total. The van der Waals surface area contributed by atoms with Gasteiger partial charge in [-0.15, -0.1) is 0 Å². The number of rotatable bonds is 6. The van der Waals surface area contributed by atoms with Gasteiger partial charge in [0, 0.05) is 44.4 Å². The van der Waals surface area contributed by atoms with Gasteiger partial charge in [-0.1, -0.05) is 18.2 Å². The SMILES string of the molecule is Cc1cccnc1C[C@H](C)N(C)C(=O)CCn1c(C)nc2ccccc21. The van der Waals surface area contributed by atoms with Crippen LogP contribution in [0.4, 0.5) is 0 Å². The molecule has 0 bridgehead atoms. The molecule has 0 saturated carbocycles. The molecule has 5 heteroatoms. The van der Waals surface area contributed by atoms with Gasteiger partial charge in [0.1, 0.15) is 5.82 Å². The molecule has 3 rings (SSSR count). The number of aromatic nitrogens is 3. The maximum atomic E-state index is 12.7. The largest absolute Gasteiger partial charge is 0.343 e. The van der Waals surface area contributed by atoms with Crippen LogP contribution < -0.4 is 0 Å². The molecule has 5 nitrogen and oxygen atoms in total. The standard InChI is InChI=1S/C21H26N4O/c1-15-8-7-12-22-19(15)14-16(2)24(4)21(26)11-13-25-17(3)23-18-9-5-6-10-20(18)25/h5-10,12,16H,11,13-14H2,1-4H3/t16-/m0/s1. The molecule has 3 aromatic rings. The third kappa shape index (κ3) is 3.77. The number of fused-ring (bicyclic) bond motifs is 1. The summed E-state index contributed by atoms with van der Waals surface area (Å²) in [6, 6.07) is 12.2. The molecule has 0 radical (unpaired) electrons. The molecule has 0 aliphatic carbocycles. The molecule has 0 spiro atoms. The van der Waals surface area contributed by atoms with Crippen LogP contribution >= 0.6 is 0 Å². The number of pyridine rings is 1. The summed E-state index contributed by atoms with van der Waals surface area (Å²) >= 11 is 0. The molecule has 1 amide bonds. The molecule has 2 heterocycles. The molecule has 0 saturated heterocycles. The fourth-order valence-electron chi connectivity index (χ4n) is 3.26. The molecule has 26 heavy (non-hydrogen) atoms. The summed E-state index contributed by atoms with van der Waals surface area (Å²) < 4.78 is 2.12. The monoisotopic (exact) mass is 350 g/mol. The number of carbonyl (C=O) groups is 1. The zero-order valence-electron chi connectivity index (χ0n) is 15.9. The Morgan fingerprint density at radius 2 is 1.96 bits per heavy atom. The Morgan fingerprint density at radius 1 is 1.19 bits per heavy atom. The summed E-state index contributed by atoms with van der Waals surface area (Å²) in [6.45, 7) is 6.76. The van der Waals surface area contributed by atoms with Gasteiger partial charge in [0.15, 0.2) is 0 Å². The predicted octanol–water partition coefficient (Wildman–Crippen LogP) is 3.53. The van der Waals surface area contributed by atoms with Gasteiger partial charge in [-0.2, -0.15) is 0 Å². The second kappa shape index (κ2) is 7.68. The van der Waals surface area contributed by atoms with Crippen LogP contribution in [-0.4, -0.2) is 38.4 Å². The number of para-hydroxylation sites is 2. The third-order valence-electron chi connectivity index (χ3n) is 5.06. The lowest BCUT2D eigenvalue weighted by Crippen LogP contribution is -2.37. The van der Waals surface area contributed by atoms with Crippen LogP contribution in [0.15, 0.2) is 42.6 Å². The highest BCUT2D eigenvalue weighted by atomic mass is 16.2. The van der Waals surface area contributed by atoms with Crippen LogP contribution in [0.2, 0.25) is 0 Å². The molecular weight excluding hydrogens is 324 g/mol. The second-order valence-electron chi connectivity index (χ2n) is 6.87. The van der Waals surface area contributed by atoms with E-state index in [1.165, 1.54) is 5.56 Å². The lowest BCUT2D eigenvalue weighted by molar-refractivity contribution is -0.131. The Hall–Kier alpha value is -2.69. The van der Waals surface area contributed by atoms with Crippen molar-refractivity contribution in [3.8, 4) is 0 Å². The summed E-state index contributed by atoms with van der Waals surface area (Å²) in [6.07, 6.45) is 3.04. The van der Waals surface area contributed by atoms with Crippen LogP contribution in [0.5, 0.6) is 0 Å². The van der Waals surface area contributed by atoms with E-state index in [0.717, 1.165) is 29.0 Å². The quantitative estimate of drug-likeness (QED) is 0.683. The first-order valence-electron chi connectivity index (χ1n) is 9.05. The highest BCUT2D eigenvalue weighted by Gasteiger charge is 2.18. The molecule has 0 unspecified atom stereocenters. The summed E-state index contributed by atoms with van der Waals surface area (Å²) in [7, 11) is 1.88. The van der Waals surface area contributed by atoms with Crippen LogP contribution in [0, 0.1) is 13.8 Å². The van der Waals surface area contributed by atoms with Gasteiger partial charge in [-0.05, 0) is 44.5 Å². The summed E-state index contributed by atoms with van der Waals surface area (Å²) in [4.78, 5) is 23.5. The second-order valence-corrected chi connectivity index (χ2v) is 6.87. The van der Waals surface area contributed by atoms with Crippen LogP contribution in [0.3, 0.4) is 0 Å². The minimum absolute atomic E-state index is 0.108. The maximum absolute atomic E-state index is 12.7. The maximum Gasteiger partial charge on any atom is 0.224 e. The Labute approximate surface area is 154 Å². The van der Waals surface area contributed by atoms with Crippen molar-refractivity contribution in [1.82, 2.24) is 19.4 Å². The lowest BCUT2D eigenvalue weighted by Gasteiger charge is -2.25.